The summed E-state index contributed by atoms with van der Waals surface area (Å²) in [5.74, 6) is -0.0557. The van der Waals surface area contributed by atoms with E-state index in [-0.39, 0.29) is 11.8 Å². The van der Waals surface area contributed by atoms with E-state index < -0.39 is 5.54 Å². The molecule has 0 bridgehead atoms. The molecule has 0 saturated heterocycles. The number of benzene rings is 1. The number of nitriles is 1. The number of halogens is 1. The zero-order valence-electron chi connectivity index (χ0n) is 17.1. The van der Waals surface area contributed by atoms with Crippen molar-refractivity contribution in [2.45, 2.75) is 39.7 Å². The largest absolute Gasteiger partial charge is 0.337 e. The number of allylic oxidation sites excluding steroid dienone is 3. The van der Waals surface area contributed by atoms with Crippen molar-refractivity contribution in [1.29, 1.82) is 5.26 Å². The third kappa shape index (κ3) is 4.26. The molecule has 29 heavy (non-hydrogen) atoms. The Bertz CT molecular complexity index is 1050. The first-order chi connectivity index (χ1) is 13.7. The molecular formula is C24H24ClN3O. The van der Waals surface area contributed by atoms with Crippen LogP contribution in [0.15, 0.2) is 59.3 Å². The standard InChI is InChI=1S/C24H24ClN3O/c1-15-5-10-22(27-14-15)24(4,21-9-8-20(25)12-17(21)3)28-23(29)18-6-7-19(13-26)16(2)11-18/h5-11,14,17H,12H2,1-4H3,(H,28,29). The van der Waals surface area contributed by atoms with Gasteiger partial charge in [-0.3, -0.25) is 9.78 Å². The monoisotopic (exact) mass is 405 g/mol. The third-order valence-electron chi connectivity index (χ3n) is 5.45. The quantitative estimate of drug-likeness (QED) is 0.750. The number of pyridine rings is 1. The van der Waals surface area contributed by atoms with E-state index in [9.17, 15) is 4.79 Å². The number of hydrogen-bond acceptors (Lipinski definition) is 3. The lowest BCUT2D eigenvalue weighted by molar-refractivity contribution is 0.0912. The molecule has 1 amide bonds. The Kier molecular flexibility index (Phi) is 5.91. The number of amides is 1. The molecule has 0 saturated carbocycles. The van der Waals surface area contributed by atoms with Crippen molar-refractivity contribution in [2.24, 2.45) is 5.92 Å². The zero-order chi connectivity index (χ0) is 21.2. The second kappa shape index (κ2) is 8.23. The fraction of sp³-hybridized carbons (Fsp3) is 0.292. The molecule has 3 rings (SSSR count). The van der Waals surface area contributed by atoms with Crippen molar-refractivity contribution < 1.29 is 4.79 Å². The number of carbonyl (C=O) groups excluding carboxylic acids is 1. The van der Waals surface area contributed by atoms with Crippen LogP contribution in [-0.2, 0) is 5.54 Å². The van der Waals surface area contributed by atoms with Gasteiger partial charge >= 0.3 is 0 Å². The van der Waals surface area contributed by atoms with Crippen LogP contribution in [0.4, 0.5) is 0 Å². The average Bonchev–Trinajstić information content (AvgIpc) is 2.68. The van der Waals surface area contributed by atoms with Crippen molar-refractivity contribution in [3.63, 3.8) is 0 Å². The van der Waals surface area contributed by atoms with Gasteiger partial charge in [0.05, 0.1) is 17.3 Å². The highest BCUT2D eigenvalue weighted by Crippen LogP contribution is 2.39. The molecule has 2 atom stereocenters. The van der Waals surface area contributed by atoms with Crippen LogP contribution in [0.5, 0.6) is 0 Å². The van der Waals surface area contributed by atoms with Crippen LogP contribution in [0.3, 0.4) is 0 Å². The van der Waals surface area contributed by atoms with E-state index in [4.69, 9.17) is 16.9 Å². The van der Waals surface area contributed by atoms with E-state index in [2.05, 4.69) is 23.3 Å². The molecule has 1 aliphatic rings. The topological polar surface area (TPSA) is 65.8 Å². The number of aryl methyl sites for hydroxylation is 2. The number of nitrogens with one attached hydrogen (secondary N) is 1. The molecule has 0 aliphatic heterocycles. The zero-order valence-corrected chi connectivity index (χ0v) is 17.8. The SMILES string of the molecule is Cc1ccc(C(C)(NC(=O)c2ccc(C#N)c(C)c2)C2=CC=C(Cl)CC2C)nc1. The first-order valence-electron chi connectivity index (χ1n) is 9.57. The lowest BCUT2D eigenvalue weighted by atomic mass is 9.77. The van der Waals surface area contributed by atoms with E-state index in [1.807, 2.05) is 51.3 Å². The number of rotatable bonds is 4. The van der Waals surface area contributed by atoms with Crippen molar-refractivity contribution in [2.75, 3.05) is 0 Å². The van der Waals surface area contributed by atoms with Crippen LogP contribution in [0.2, 0.25) is 0 Å². The van der Waals surface area contributed by atoms with Gasteiger partial charge in [0.1, 0.15) is 5.54 Å². The van der Waals surface area contributed by atoms with Crippen LogP contribution >= 0.6 is 11.6 Å². The van der Waals surface area contributed by atoms with Crippen LogP contribution in [0.25, 0.3) is 0 Å². The summed E-state index contributed by atoms with van der Waals surface area (Å²) in [5, 5.41) is 13.1. The Hall–Kier alpha value is -2.90. The van der Waals surface area contributed by atoms with Crippen molar-refractivity contribution in [3.05, 3.63) is 87.2 Å². The van der Waals surface area contributed by atoms with E-state index in [1.165, 1.54) is 0 Å². The van der Waals surface area contributed by atoms with Gasteiger partial charge in [-0.1, -0.05) is 30.7 Å². The first-order valence-corrected chi connectivity index (χ1v) is 9.95. The normalized spacial score (nSPS) is 18.1. The maximum Gasteiger partial charge on any atom is 0.252 e. The molecule has 0 spiro atoms. The van der Waals surface area contributed by atoms with Crippen LogP contribution < -0.4 is 5.32 Å². The van der Waals surface area contributed by atoms with E-state index in [0.29, 0.717) is 11.1 Å². The summed E-state index contributed by atoms with van der Waals surface area (Å²) in [6.07, 6.45) is 6.41. The fourth-order valence-electron chi connectivity index (χ4n) is 3.75. The number of hydrogen-bond donors (Lipinski definition) is 1. The molecule has 1 aromatic heterocycles. The maximum absolute atomic E-state index is 13.2. The Morgan fingerprint density at radius 2 is 2.03 bits per heavy atom. The summed E-state index contributed by atoms with van der Waals surface area (Å²) in [6, 6.07) is 11.2. The van der Waals surface area contributed by atoms with Gasteiger partial charge in [0.15, 0.2) is 0 Å². The molecular weight excluding hydrogens is 382 g/mol. The number of carbonyl (C=O) groups is 1. The third-order valence-corrected chi connectivity index (χ3v) is 5.73. The minimum absolute atomic E-state index is 0.156. The fourth-order valence-corrected chi connectivity index (χ4v) is 4.05. The summed E-state index contributed by atoms with van der Waals surface area (Å²) in [5.41, 5.74) is 3.93. The summed E-state index contributed by atoms with van der Waals surface area (Å²) in [4.78, 5) is 17.8. The molecule has 1 aliphatic carbocycles. The van der Waals surface area contributed by atoms with Crippen LogP contribution in [0, 0.1) is 31.1 Å². The van der Waals surface area contributed by atoms with Gasteiger partial charge < -0.3 is 5.32 Å². The number of aromatic nitrogens is 1. The maximum atomic E-state index is 13.2. The van der Waals surface area contributed by atoms with Gasteiger partial charge in [-0.05, 0) is 80.2 Å². The Labute approximate surface area is 176 Å². The van der Waals surface area contributed by atoms with Crippen molar-refractivity contribution >= 4 is 17.5 Å². The lowest BCUT2D eigenvalue weighted by Gasteiger charge is -2.37. The minimum atomic E-state index is -0.792. The van der Waals surface area contributed by atoms with Crippen molar-refractivity contribution in [3.8, 4) is 6.07 Å². The first kappa shape index (κ1) is 20.8. The van der Waals surface area contributed by atoms with E-state index in [1.54, 1.807) is 18.2 Å². The molecule has 1 aromatic carbocycles. The predicted octanol–water partition coefficient (Wildman–Crippen LogP) is 5.30. The molecule has 1 N–H and O–H groups in total. The van der Waals surface area contributed by atoms with Gasteiger partial charge in [-0.15, -0.1) is 0 Å². The smallest absolute Gasteiger partial charge is 0.252 e. The molecule has 0 radical (unpaired) electrons. The van der Waals surface area contributed by atoms with Crippen LogP contribution in [-0.4, -0.2) is 10.9 Å². The molecule has 148 valence electrons. The van der Waals surface area contributed by atoms with Crippen molar-refractivity contribution in [1.82, 2.24) is 10.3 Å². The molecule has 2 aromatic rings. The van der Waals surface area contributed by atoms with Gasteiger partial charge in [-0.25, -0.2) is 0 Å². The van der Waals surface area contributed by atoms with Crippen LogP contribution in [0.1, 0.15) is 53.0 Å². The van der Waals surface area contributed by atoms with Gasteiger partial charge in [0, 0.05) is 16.8 Å². The highest BCUT2D eigenvalue weighted by Gasteiger charge is 2.37. The van der Waals surface area contributed by atoms with E-state index >= 15 is 0 Å². The highest BCUT2D eigenvalue weighted by atomic mass is 35.5. The van der Waals surface area contributed by atoms with Gasteiger partial charge in [0.2, 0.25) is 0 Å². The Morgan fingerprint density at radius 3 is 2.62 bits per heavy atom. The summed E-state index contributed by atoms with van der Waals surface area (Å²) in [6.45, 7) is 7.89. The van der Waals surface area contributed by atoms with Gasteiger partial charge in [0.25, 0.3) is 5.91 Å². The molecule has 2 unspecified atom stereocenters. The highest BCUT2D eigenvalue weighted by molar-refractivity contribution is 6.29. The van der Waals surface area contributed by atoms with E-state index in [0.717, 1.165) is 33.8 Å². The summed E-state index contributed by atoms with van der Waals surface area (Å²) in [7, 11) is 0. The summed E-state index contributed by atoms with van der Waals surface area (Å²) >= 11 is 6.23. The lowest BCUT2D eigenvalue weighted by Crippen LogP contribution is -2.47. The van der Waals surface area contributed by atoms with Gasteiger partial charge in [-0.2, -0.15) is 5.26 Å². The predicted molar refractivity (Wildman–Crippen MR) is 115 cm³/mol. The second-order valence-electron chi connectivity index (χ2n) is 7.78. The second-order valence-corrected chi connectivity index (χ2v) is 8.27. The summed E-state index contributed by atoms with van der Waals surface area (Å²) < 4.78 is 0. The number of nitrogens with zero attached hydrogens (tertiary/aromatic N) is 2. The molecule has 5 heteroatoms. The Balaban J connectivity index is 2.04. The molecule has 4 nitrogen and oxygen atoms in total. The Morgan fingerprint density at radius 1 is 1.28 bits per heavy atom. The average molecular weight is 406 g/mol. The molecule has 1 heterocycles. The minimum Gasteiger partial charge on any atom is -0.337 e. The molecule has 0 fully saturated rings.